The van der Waals surface area contributed by atoms with Gasteiger partial charge in [-0.05, 0) is 37.6 Å². The van der Waals surface area contributed by atoms with Gasteiger partial charge in [-0.1, -0.05) is 35.0 Å². The molecule has 0 aliphatic rings. The molecule has 0 aliphatic heterocycles. The van der Waals surface area contributed by atoms with E-state index in [1.807, 2.05) is 43.0 Å². The first-order valence-corrected chi connectivity index (χ1v) is 7.74. The molecule has 2 N–H and O–H groups in total. The summed E-state index contributed by atoms with van der Waals surface area (Å²) in [5.41, 5.74) is 1.08. The molecule has 0 fully saturated rings. The summed E-state index contributed by atoms with van der Waals surface area (Å²) in [7, 11) is 0. The molecular weight excluding hydrogens is 320 g/mol. The van der Waals surface area contributed by atoms with Crippen LogP contribution in [0.15, 0.2) is 28.7 Å². The number of carbonyl (C=O) groups excluding carboxylic acids is 1. The predicted octanol–water partition coefficient (Wildman–Crippen LogP) is 2.33. The van der Waals surface area contributed by atoms with E-state index in [0.29, 0.717) is 13.0 Å². The second-order valence-electron chi connectivity index (χ2n) is 4.79. The van der Waals surface area contributed by atoms with E-state index in [0.717, 1.165) is 23.1 Å². The van der Waals surface area contributed by atoms with E-state index in [4.69, 9.17) is 5.11 Å². The highest BCUT2D eigenvalue weighted by molar-refractivity contribution is 9.10. The third kappa shape index (κ3) is 6.03. The maximum Gasteiger partial charge on any atom is 0.234 e. The Balaban J connectivity index is 2.46. The summed E-state index contributed by atoms with van der Waals surface area (Å²) in [6, 6.07) is 7.93. The second-order valence-corrected chi connectivity index (χ2v) is 5.70. The first-order valence-electron chi connectivity index (χ1n) is 6.94. The van der Waals surface area contributed by atoms with E-state index in [1.165, 1.54) is 0 Å². The van der Waals surface area contributed by atoms with Gasteiger partial charge in [0.1, 0.15) is 0 Å². The molecule has 4 nitrogen and oxygen atoms in total. The molecule has 0 saturated heterocycles. The highest BCUT2D eigenvalue weighted by atomic mass is 79.9. The van der Waals surface area contributed by atoms with Crippen molar-refractivity contribution in [3.8, 4) is 0 Å². The zero-order valence-electron chi connectivity index (χ0n) is 12.1. The molecule has 1 unspecified atom stereocenters. The Morgan fingerprint density at radius 3 is 2.60 bits per heavy atom. The number of halogens is 1. The lowest BCUT2D eigenvalue weighted by Gasteiger charge is -2.21. The van der Waals surface area contributed by atoms with E-state index in [2.05, 4.69) is 21.2 Å². The summed E-state index contributed by atoms with van der Waals surface area (Å²) in [6.07, 6.45) is 0.698. The number of nitrogens with one attached hydrogen (secondary N) is 1. The van der Waals surface area contributed by atoms with Gasteiger partial charge in [0, 0.05) is 17.6 Å². The predicted molar refractivity (Wildman–Crippen MR) is 84.5 cm³/mol. The van der Waals surface area contributed by atoms with Crippen molar-refractivity contribution in [3.63, 3.8) is 0 Å². The minimum absolute atomic E-state index is 0.00727. The molecule has 0 radical (unpaired) electrons. The van der Waals surface area contributed by atoms with Crippen LogP contribution in [0.1, 0.15) is 31.9 Å². The minimum atomic E-state index is -0.00727. The van der Waals surface area contributed by atoms with Crippen molar-refractivity contribution < 1.29 is 9.90 Å². The van der Waals surface area contributed by atoms with Gasteiger partial charge in [0.2, 0.25) is 5.91 Å². The Kier molecular flexibility index (Phi) is 7.80. The highest BCUT2D eigenvalue weighted by Crippen LogP contribution is 2.16. The number of nitrogens with zero attached hydrogens (tertiary/aromatic N) is 1. The quantitative estimate of drug-likeness (QED) is 0.762. The topological polar surface area (TPSA) is 52.6 Å². The van der Waals surface area contributed by atoms with Crippen molar-refractivity contribution in [2.45, 2.75) is 26.3 Å². The van der Waals surface area contributed by atoms with Crippen LogP contribution in [0.3, 0.4) is 0 Å². The van der Waals surface area contributed by atoms with Gasteiger partial charge in [-0.15, -0.1) is 0 Å². The lowest BCUT2D eigenvalue weighted by atomic mass is 10.1. The summed E-state index contributed by atoms with van der Waals surface area (Å²) in [5, 5.41) is 11.8. The Morgan fingerprint density at radius 1 is 1.40 bits per heavy atom. The van der Waals surface area contributed by atoms with Crippen LogP contribution in [-0.4, -0.2) is 42.2 Å². The van der Waals surface area contributed by atoms with E-state index >= 15 is 0 Å². The largest absolute Gasteiger partial charge is 0.396 e. The third-order valence-corrected chi connectivity index (χ3v) is 3.72. The molecular formula is C15H23BrN2O2. The molecule has 0 aliphatic carbocycles. The van der Waals surface area contributed by atoms with Crippen LogP contribution in [0.5, 0.6) is 0 Å². The number of likely N-dealkylation sites (N-methyl/N-ethyl adjacent to an activating group) is 1. The molecule has 1 amide bonds. The number of carbonyl (C=O) groups is 1. The molecule has 1 aromatic carbocycles. The molecule has 5 heteroatoms. The van der Waals surface area contributed by atoms with Gasteiger partial charge >= 0.3 is 0 Å². The Hall–Kier alpha value is -0.910. The maximum absolute atomic E-state index is 12.0. The molecule has 1 aromatic rings. The number of aliphatic hydroxyl groups is 1. The molecule has 0 saturated carbocycles. The zero-order valence-corrected chi connectivity index (χ0v) is 13.7. The maximum atomic E-state index is 12.0. The van der Waals surface area contributed by atoms with E-state index in [1.54, 1.807) is 0 Å². The fraction of sp³-hybridized carbons (Fsp3) is 0.533. The van der Waals surface area contributed by atoms with Gasteiger partial charge in [0.15, 0.2) is 0 Å². The fourth-order valence-electron chi connectivity index (χ4n) is 1.97. The summed E-state index contributed by atoms with van der Waals surface area (Å²) in [6.45, 7) is 6.08. The number of aliphatic hydroxyl groups excluding tert-OH is 1. The number of hydrogen-bond donors (Lipinski definition) is 2. The van der Waals surface area contributed by atoms with Crippen LogP contribution >= 0.6 is 15.9 Å². The van der Waals surface area contributed by atoms with Gasteiger partial charge in [-0.2, -0.15) is 0 Å². The van der Waals surface area contributed by atoms with Crippen molar-refractivity contribution in [2.75, 3.05) is 26.2 Å². The Bertz CT molecular complexity index is 409. The minimum Gasteiger partial charge on any atom is -0.396 e. The second kappa shape index (κ2) is 9.10. The standard InChI is InChI=1S/C15H23BrN2O2/c1-3-18(9-4-10-19)11-15(20)17-12(2)13-5-7-14(16)8-6-13/h5-8,12,19H,3-4,9-11H2,1-2H3,(H,17,20). The molecule has 0 bridgehead atoms. The third-order valence-electron chi connectivity index (χ3n) is 3.19. The summed E-state index contributed by atoms with van der Waals surface area (Å²) < 4.78 is 1.03. The van der Waals surface area contributed by atoms with Crippen LogP contribution in [-0.2, 0) is 4.79 Å². The average molecular weight is 343 g/mol. The van der Waals surface area contributed by atoms with Crippen LogP contribution in [0.25, 0.3) is 0 Å². The van der Waals surface area contributed by atoms with Gasteiger partial charge in [0.05, 0.1) is 12.6 Å². The molecule has 1 atom stereocenters. The Morgan fingerprint density at radius 2 is 2.05 bits per heavy atom. The van der Waals surface area contributed by atoms with Crippen molar-refractivity contribution in [1.29, 1.82) is 0 Å². The van der Waals surface area contributed by atoms with Gasteiger partial charge < -0.3 is 10.4 Å². The van der Waals surface area contributed by atoms with E-state index in [9.17, 15) is 4.79 Å². The van der Waals surface area contributed by atoms with Crippen molar-refractivity contribution in [3.05, 3.63) is 34.3 Å². The molecule has 112 valence electrons. The summed E-state index contributed by atoms with van der Waals surface area (Å²) >= 11 is 3.40. The van der Waals surface area contributed by atoms with Crippen LogP contribution in [0.2, 0.25) is 0 Å². The van der Waals surface area contributed by atoms with E-state index < -0.39 is 0 Å². The molecule has 0 heterocycles. The number of benzene rings is 1. The summed E-state index contributed by atoms with van der Waals surface area (Å²) in [5.74, 6) is 0.0141. The van der Waals surface area contributed by atoms with Gasteiger partial charge in [-0.25, -0.2) is 0 Å². The van der Waals surface area contributed by atoms with Crippen molar-refractivity contribution in [2.24, 2.45) is 0 Å². The average Bonchev–Trinajstić information content (AvgIpc) is 2.43. The number of hydrogen-bond acceptors (Lipinski definition) is 3. The lowest BCUT2D eigenvalue weighted by molar-refractivity contribution is -0.122. The van der Waals surface area contributed by atoms with Crippen molar-refractivity contribution in [1.82, 2.24) is 10.2 Å². The molecule has 1 rings (SSSR count). The SMILES string of the molecule is CCN(CCCO)CC(=O)NC(C)c1ccc(Br)cc1. The summed E-state index contributed by atoms with van der Waals surface area (Å²) in [4.78, 5) is 14.0. The first-order chi connectivity index (χ1) is 9.56. The Labute approximate surface area is 129 Å². The number of amides is 1. The fourth-order valence-corrected chi connectivity index (χ4v) is 2.23. The molecule has 20 heavy (non-hydrogen) atoms. The van der Waals surface area contributed by atoms with Crippen LogP contribution < -0.4 is 5.32 Å². The smallest absolute Gasteiger partial charge is 0.234 e. The number of rotatable bonds is 8. The van der Waals surface area contributed by atoms with Gasteiger partial charge in [0.25, 0.3) is 0 Å². The van der Waals surface area contributed by atoms with Gasteiger partial charge in [-0.3, -0.25) is 9.69 Å². The zero-order chi connectivity index (χ0) is 15.0. The van der Waals surface area contributed by atoms with Crippen molar-refractivity contribution >= 4 is 21.8 Å². The monoisotopic (exact) mass is 342 g/mol. The lowest BCUT2D eigenvalue weighted by Crippen LogP contribution is -2.38. The van der Waals surface area contributed by atoms with Crippen LogP contribution in [0, 0.1) is 0 Å². The van der Waals surface area contributed by atoms with E-state index in [-0.39, 0.29) is 18.6 Å². The normalized spacial score (nSPS) is 12.4. The molecule has 0 aromatic heterocycles. The first kappa shape index (κ1) is 17.1. The molecule has 0 spiro atoms. The highest BCUT2D eigenvalue weighted by Gasteiger charge is 2.12. The van der Waals surface area contributed by atoms with Crippen LogP contribution in [0.4, 0.5) is 0 Å².